The van der Waals surface area contributed by atoms with Gasteiger partial charge in [0.15, 0.2) is 0 Å². The van der Waals surface area contributed by atoms with Crippen molar-refractivity contribution in [1.82, 2.24) is 20.1 Å². The number of nitrogens with one attached hydrogen (secondary N) is 2. The molecule has 3 aliphatic rings. The molecule has 1 aromatic heterocycles. The van der Waals surface area contributed by atoms with Gasteiger partial charge in [0.1, 0.15) is 11.4 Å². The van der Waals surface area contributed by atoms with Crippen molar-refractivity contribution in [2.45, 2.75) is 43.7 Å². The Bertz CT molecular complexity index is 1180. The molecule has 4 amide bonds. The number of benzene rings is 1. The molecule has 0 bridgehead atoms. The Balaban J connectivity index is 1.36. The van der Waals surface area contributed by atoms with E-state index in [1.165, 1.54) is 35.4 Å². The van der Waals surface area contributed by atoms with E-state index in [1.54, 1.807) is 17.0 Å². The number of hydrogen-bond acceptors (Lipinski definition) is 5. The fourth-order valence-corrected chi connectivity index (χ4v) is 5.57. The van der Waals surface area contributed by atoms with Crippen molar-refractivity contribution in [2.24, 2.45) is 5.92 Å². The largest absolute Gasteiger partial charge is 0.376 e. The van der Waals surface area contributed by atoms with Crippen molar-refractivity contribution in [3.8, 4) is 0 Å². The van der Waals surface area contributed by atoms with Crippen LogP contribution in [0.25, 0.3) is 0 Å². The number of amides is 4. The van der Waals surface area contributed by atoms with E-state index >= 15 is 0 Å². The number of halogens is 1. The quantitative estimate of drug-likeness (QED) is 0.595. The van der Waals surface area contributed by atoms with Crippen LogP contribution in [0.15, 0.2) is 47.4 Å². The second-order valence-electron chi connectivity index (χ2n) is 9.76. The summed E-state index contributed by atoms with van der Waals surface area (Å²) in [7, 11) is 0. The van der Waals surface area contributed by atoms with Crippen molar-refractivity contribution in [3.05, 3.63) is 69.9 Å². The highest BCUT2D eigenvalue weighted by Gasteiger charge is 2.56. The molecule has 0 radical (unpaired) electrons. The molecule has 4 heterocycles. The Morgan fingerprint density at radius 1 is 1.06 bits per heavy atom. The van der Waals surface area contributed by atoms with Gasteiger partial charge < -0.3 is 19.9 Å². The summed E-state index contributed by atoms with van der Waals surface area (Å²) in [6, 6.07) is 8.33. The fourth-order valence-electron chi connectivity index (χ4n) is 5.57. The number of aromatic nitrogens is 1. The van der Waals surface area contributed by atoms with Gasteiger partial charge in [0.05, 0.1) is 18.2 Å². The maximum absolute atomic E-state index is 13.9. The van der Waals surface area contributed by atoms with E-state index in [0.29, 0.717) is 38.1 Å². The molecule has 0 aliphatic carbocycles. The van der Waals surface area contributed by atoms with E-state index < -0.39 is 11.6 Å². The molecule has 36 heavy (non-hydrogen) atoms. The normalized spacial score (nSPS) is 24.9. The summed E-state index contributed by atoms with van der Waals surface area (Å²) in [5.41, 5.74) is -0.324. The van der Waals surface area contributed by atoms with E-state index in [2.05, 4.69) is 10.3 Å². The van der Waals surface area contributed by atoms with E-state index in [-0.39, 0.29) is 48.2 Å². The van der Waals surface area contributed by atoms with E-state index in [1.807, 2.05) is 0 Å². The lowest BCUT2D eigenvalue weighted by Crippen LogP contribution is -2.58. The van der Waals surface area contributed by atoms with E-state index in [0.717, 1.165) is 18.4 Å². The van der Waals surface area contributed by atoms with Gasteiger partial charge in [0.2, 0.25) is 5.56 Å². The van der Waals surface area contributed by atoms with Crippen molar-refractivity contribution >= 4 is 17.8 Å². The number of aromatic amines is 1. The SMILES string of the molecule is O=C(c1ccc(=O)[nH]c1)N1CCC([C@]2(Cc3ccc(F)cc3)NC(=O)N(C[C@H]3CCCO3)C2=O)CC1. The number of rotatable bonds is 6. The first-order valence-electron chi connectivity index (χ1n) is 12.3. The van der Waals surface area contributed by atoms with Crippen LogP contribution in [0.4, 0.5) is 9.18 Å². The van der Waals surface area contributed by atoms with Crippen LogP contribution in [-0.2, 0) is 16.0 Å². The zero-order valence-electron chi connectivity index (χ0n) is 19.9. The van der Waals surface area contributed by atoms with Gasteiger partial charge in [-0.3, -0.25) is 19.3 Å². The van der Waals surface area contributed by atoms with Gasteiger partial charge in [-0.05, 0) is 55.4 Å². The predicted molar refractivity (Wildman–Crippen MR) is 128 cm³/mol. The van der Waals surface area contributed by atoms with Crippen LogP contribution in [0.3, 0.4) is 0 Å². The second-order valence-corrected chi connectivity index (χ2v) is 9.76. The minimum absolute atomic E-state index is 0.168. The zero-order chi connectivity index (χ0) is 25.3. The molecule has 0 unspecified atom stereocenters. The van der Waals surface area contributed by atoms with Crippen LogP contribution in [0.1, 0.15) is 41.6 Å². The van der Waals surface area contributed by atoms with Gasteiger partial charge in [-0.15, -0.1) is 0 Å². The van der Waals surface area contributed by atoms with Crippen LogP contribution in [0, 0.1) is 11.7 Å². The molecular weight excluding hydrogens is 467 g/mol. The zero-order valence-corrected chi connectivity index (χ0v) is 19.9. The number of likely N-dealkylation sites (tertiary alicyclic amines) is 1. The molecule has 3 saturated heterocycles. The number of ether oxygens (including phenoxy) is 1. The molecule has 3 aliphatic heterocycles. The van der Waals surface area contributed by atoms with Crippen LogP contribution in [0.5, 0.6) is 0 Å². The predicted octanol–water partition coefficient (Wildman–Crippen LogP) is 2.08. The van der Waals surface area contributed by atoms with Crippen LogP contribution < -0.4 is 10.9 Å². The number of imide groups is 1. The number of nitrogens with zero attached hydrogens (tertiary/aromatic N) is 2. The Morgan fingerprint density at radius 2 is 1.81 bits per heavy atom. The smallest absolute Gasteiger partial charge is 0.325 e. The van der Waals surface area contributed by atoms with Gasteiger partial charge in [-0.2, -0.15) is 0 Å². The number of hydrogen-bond donors (Lipinski definition) is 2. The first kappa shape index (κ1) is 24.2. The lowest BCUT2D eigenvalue weighted by Gasteiger charge is -2.41. The molecule has 2 atom stereocenters. The summed E-state index contributed by atoms with van der Waals surface area (Å²) in [4.78, 5) is 56.6. The van der Waals surface area contributed by atoms with Gasteiger partial charge in [-0.1, -0.05) is 12.1 Å². The monoisotopic (exact) mass is 496 g/mol. The number of piperidine rings is 1. The molecule has 3 fully saturated rings. The Labute approximate surface area is 207 Å². The van der Waals surface area contributed by atoms with Gasteiger partial charge in [0, 0.05) is 38.4 Å². The van der Waals surface area contributed by atoms with Crippen molar-refractivity contribution < 1.29 is 23.5 Å². The highest BCUT2D eigenvalue weighted by molar-refractivity contribution is 6.07. The van der Waals surface area contributed by atoms with E-state index in [4.69, 9.17) is 4.74 Å². The number of carbonyl (C=O) groups is 3. The summed E-state index contributed by atoms with van der Waals surface area (Å²) in [5, 5.41) is 3.00. The standard InChI is InChI=1S/C26H29FN4O5/c27-20-6-3-17(4-7-20)14-26(24(34)31(25(35)29-26)16-21-2-1-13-36-21)19-9-11-30(12-10-19)23(33)18-5-8-22(32)28-15-18/h3-8,15,19,21H,1-2,9-14,16H2,(H,28,32)(H,29,35)/t21-,26+/m1/s1. The van der Waals surface area contributed by atoms with Gasteiger partial charge in [0.25, 0.3) is 11.8 Å². The number of H-pyrrole nitrogens is 1. The first-order chi connectivity index (χ1) is 17.4. The molecular formula is C26H29FN4O5. The van der Waals surface area contributed by atoms with Gasteiger partial charge in [-0.25, -0.2) is 9.18 Å². The topological polar surface area (TPSA) is 112 Å². The number of pyridine rings is 1. The average Bonchev–Trinajstić information content (AvgIpc) is 3.49. The van der Waals surface area contributed by atoms with Crippen molar-refractivity contribution in [1.29, 1.82) is 0 Å². The van der Waals surface area contributed by atoms with E-state index in [9.17, 15) is 23.6 Å². The number of carbonyl (C=O) groups excluding carboxylic acids is 3. The maximum atomic E-state index is 13.9. The highest BCUT2D eigenvalue weighted by atomic mass is 19.1. The Kier molecular flexibility index (Phi) is 6.61. The third-order valence-corrected chi connectivity index (χ3v) is 7.52. The summed E-state index contributed by atoms with van der Waals surface area (Å²) < 4.78 is 19.2. The summed E-state index contributed by atoms with van der Waals surface area (Å²) in [6.45, 7) is 1.64. The molecule has 2 aromatic rings. The lowest BCUT2D eigenvalue weighted by molar-refractivity contribution is -0.135. The van der Waals surface area contributed by atoms with Crippen molar-refractivity contribution in [3.63, 3.8) is 0 Å². The second kappa shape index (κ2) is 9.85. The third-order valence-electron chi connectivity index (χ3n) is 7.52. The molecule has 9 nitrogen and oxygen atoms in total. The molecule has 0 spiro atoms. The summed E-state index contributed by atoms with van der Waals surface area (Å²) in [6.07, 6.45) is 4.18. The van der Waals surface area contributed by atoms with Crippen LogP contribution in [-0.4, -0.2) is 70.5 Å². The Hall–Kier alpha value is -3.53. The molecule has 0 saturated carbocycles. The molecule has 5 rings (SSSR count). The summed E-state index contributed by atoms with van der Waals surface area (Å²) >= 11 is 0. The van der Waals surface area contributed by atoms with Crippen LogP contribution in [0.2, 0.25) is 0 Å². The van der Waals surface area contributed by atoms with Crippen LogP contribution >= 0.6 is 0 Å². The summed E-state index contributed by atoms with van der Waals surface area (Å²) in [5.74, 6) is -1.08. The fraction of sp³-hybridized carbons (Fsp3) is 0.462. The third kappa shape index (κ3) is 4.65. The number of urea groups is 1. The van der Waals surface area contributed by atoms with Crippen molar-refractivity contribution in [2.75, 3.05) is 26.2 Å². The average molecular weight is 497 g/mol. The highest BCUT2D eigenvalue weighted by Crippen LogP contribution is 2.37. The molecule has 190 valence electrons. The first-order valence-corrected chi connectivity index (χ1v) is 12.3. The maximum Gasteiger partial charge on any atom is 0.325 e. The Morgan fingerprint density at radius 3 is 2.44 bits per heavy atom. The molecule has 10 heteroatoms. The molecule has 1 aromatic carbocycles. The minimum atomic E-state index is -1.18. The lowest BCUT2D eigenvalue weighted by atomic mass is 9.73. The van der Waals surface area contributed by atoms with Gasteiger partial charge >= 0.3 is 6.03 Å². The molecule has 2 N–H and O–H groups in total. The minimum Gasteiger partial charge on any atom is -0.376 e.